The van der Waals surface area contributed by atoms with Crippen LogP contribution in [0.2, 0.25) is 0 Å². The average Bonchev–Trinajstić information content (AvgIpc) is 3.33. The number of methoxy groups -OCH3 is 2. The smallest absolute Gasteiger partial charge is 0.343 e. The van der Waals surface area contributed by atoms with Crippen molar-refractivity contribution in [2.45, 2.75) is 18.3 Å². The highest BCUT2D eigenvalue weighted by Gasteiger charge is 2.49. The molecule has 0 saturated carbocycles. The Bertz CT molecular complexity index is 1210. The van der Waals surface area contributed by atoms with E-state index in [4.69, 9.17) is 18.9 Å². The number of hydrogen-bond donors (Lipinski definition) is 2. The van der Waals surface area contributed by atoms with Crippen LogP contribution in [0.5, 0.6) is 11.5 Å². The van der Waals surface area contributed by atoms with Gasteiger partial charge in [0, 0.05) is 25.7 Å². The number of para-hydroxylation sites is 1. The maximum absolute atomic E-state index is 12.6. The number of benzene rings is 2. The van der Waals surface area contributed by atoms with Gasteiger partial charge in [-0.1, -0.05) is 12.1 Å². The fraction of sp³-hybridized carbons (Fsp3) is 0.320. The third kappa shape index (κ3) is 4.40. The molecule has 10 heteroatoms. The third-order valence-corrected chi connectivity index (χ3v) is 6.33. The highest BCUT2D eigenvalue weighted by molar-refractivity contribution is 5.84. The highest BCUT2D eigenvalue weighted by atomic mass is 16.5. The molecule has 0 radical (unpaired) electrons. The standard InChI is InChI=1S/C25H27N3O7/c1-27(32)24(31)28-14-12-25(13-15-28,23(29)30)22-26-20(16-8-10-17(33-2)11-9-16)21(35-22)18-6-4-5-7-19(18)34-3/h4-11,32H,12-15H2,1-3H3,(H,29,30). The lowest BCUT2D eigenvalue weighted by Crippen LogP contribution is -2.51. The number of aromatic nitrogens is 1. The van der Waals surface area contributed by atoms with Gasteiger partial charge in [-0.25, -0.2) is 14.8 Å². The second kappa shape index (κ2) is 9.67. The zero-order chi connectivity index (χ0) is 25.2. The molecule has 2 heterocycles. The Morgan fingerprint density at radius 1 is 1.06 bits per heavy atom. The number of carbonyl (C=O) groups is 2. The van der Waals surface area contributed by atoms with Crippen LogP contribution >= 0.6 is 0 Å². The summed E-state index contributed by atoms with van der Waals surface area (Å²) in [5, 5.41) is 20.3. The first-order chi connectivity index (χ1) is 16.8. The number of amides is 2. The molecule has 0 spiro atoms. The minimum absolute atomic E-state index is 0.0566. The molecule has 3 aromatic rings. The normalized spacial score (nSPS) is 14.9. The number of oxazole rings is 1. The number of ether oxygens (including phenoxy) is 2. The zero-order valence-corrected chi connectivity index (χ0v) is 19.7. The second-order valence-electron chi connectivity index (χ2n) is 8.31. The lowest BCUT2D eigenvalue weighted by atomic mass is 9.78. The van der Waals surface area contributed by atoms with Gasteiger partial charge in [-0.3, -0.25) is 10.0 Å². The van der Waals surface area contributed by atoms with Crippen LogP contribution in [0, 0.1) is 0 Å². The Morgan fingerprint density at radius 3 is 2.29 bits per heavy atom. The van der Waals surface area contributed by atoms with Gasteiger partial charge in [0.1, 0.15) is 22.6 Å². The number of rotatable bonds is 6. The molecular formula is C25H27N3O7. The molecule has 2 amide bonds. The molecule has 1 aliphatic rings. The SMILES string of the molecule is COc1ccc(-c2nc(C3(C(=O)O)CCN(C(=O)N(C)O)CC3)oc2-c2ccccc2OC)cc1. The van der Waals surface area contributed by atoms with Crippen molar-refractivity contribution in [1.29, 1.82) is 0 Å². The summed E-state index contributed by atoms with van der Waals surface area (Å²) in [4.78, 5) is 30.8. The fourth-order valence-corrected chi connectivity index (χ4v) is 4.29. The predicted molar refractivity (Wildman–Crippen MR) is 126 cm³/mol. The number of carbonyl (C=O) groups excluding carboxylic acids is 1. The number of hydroxylamine groups is 2. The van der Waals surface area contributed by atoms with Crippen molar-refractivity contribution < 1.29 is 33.8 Å². The van der Waals surface area contributed by atoms with Crippen LogP contribution in [0.1, 0.15) is 18.7 Å². The maximum atomic E-state index is 12.6. The molecule has 1 fully saturated rings. The summed E-state index contributed by atoms with van der Waals surface area (Å²) in [6.07, 6.45) is 0.158. The molecule has 2 aromatic carbocycles. The van der Waals surface area contributed by atoms with Crippen LogP contribution in [-0.2, 0) is 10.2 Å². The quantitative estimate of drug-likeness (QED) is 0.401. The largest absolute Gasteiger partial charge is 0.497 e. The number of hydrogen-bond acceptors (Lipinski definition) is 7. The Morgan fingerprint density at radius 2 is 1.71 bits per heavy atom. The molecule has 0 atom stereocenters. The van der Waals surface area contributed by atoms with Gasteiger partial charge in [0.05, 0.1) is 19.8 Å². The first-order valence-corrected chi connectivity index (χ1v) is 11.0. The van der Waals surface area contributed by atoms with Crippen LogP contribution in [0.3, 0.4) is 0 Å². The van der Waals surface area contributed by atoms with Crippen LogP contribution in [0.25, 0.3) is 22.6 Å². The molecule has 1 saturated heterocycles. The Balaban J connectivity index is 1.82. The molecule has 1 aliphatic heterocycles. The Kier molecular flexibility index (Phi) is 6.65. The minimum atomic E-state index is -1.44. The summed E-state index contributed by atoms with van der Waals surface area (Å²) in [5.74, 6) is 0.582. The number of aliphatic carboxylic acids is 1. The van der Waals surface area contributed by atoms with Crippen molar-refractivity contribution >= 4 is 12.0 Å². The molecule has 184 valence electrons. The summed E-state index contributed by atoms with van der Waals surface area (Å²) in [6, 6.07) is 13.9. The van der Waals surface area contributed by atoms with Gasteiger partial charge in [0.25, 0.3) is 0 Å². The van der Waals surface area contributed by atoms with E-state index in [0.717, 1.165) is 5.56 Å². The van der Waals surface area contributed by atoms with Gasteiger partial charge in [-0.2, -0.15) is 0 Å². The maximum Gasteiger partial charge on any atom is 0.343 e. The van der Waals surface area contributed by atoms with Crippen molar-refractivity contribution in [3.63, 3.8) is 0 Å². The van der Waals surface area contributed by atoms with Crippen LogP contribution in [-0.4, -0.2) is 71.6 Å². The van der Waals surface area contributed by atoms with Crippen molar-refractivity contribution in [1.82, 2.24) is 14.9 Å². The van der Waals surface area contributed by atoms with E-state index in [-0.39, 0.29) is 31.8 Å². The summed E-state index contributed by atoms with van der Waals surface area (Å²) in [7, 11) is 4.36. The number of urea groups is 1. The second-order valence-corrected chi connectivity index (χ2v) is 8.31. The van der Waals surface area contributed by atoms with Crippen molar-refractivity contribution in [2.75, 3.05) is 34.4 Å². The lowest BCUT2D eigenvalue weighted by molar-refractivity contribution is -0.147. The van der Waals surface area contributed by atoms with Crippen molar-refractivity contribution in [3.8, 4) is 34.1 Å². The molecule has 2 N–H and O–H groups in total. The molecule has 0 unspecified atom stereocenters. The molecule has 4 rings (SSSR count). The van der Waals surface area contributed by atoms with Crippen molar-refractivity contribution in [3.05, 3.63) is 54.4 Å². The summed E-state index contributed by atoms with van der Waals surface area (Å²) < 4.78 is 17.0. The van der Waals surface area contributed by atoms with Gasteiger partial charge in [-0.15, -0.1) is 0 Å². The Hall–Kier alpha value is -4.05. The van der Waals surface area contributed by atoms with Crippen LogP contribution in [0.4, 0.5) is 4.79 Å². The zero-order valence-electron chi connectivity index (χ0n) is 19.7. The van der Waals surface area contributed by atoms with E-state index in [1.165, 1.54) is 11.9 Å². The van der Waals surface area contributed by atoms with Gasteiger partial charge in [0.15, 0.2) is 5.76 Å². The molecule has 35 heavy (non-hydrogen) atoms. The summed E-state index contributed by atoms with van der Waals surface area (Å²) in [5.41, 5.74) is 0.388. The van der Waals surface area contributed by atoms with Gasteiger partial charge in [0.2, 0.25) is 5.89 Å². The number of likely N-dealkylation sites (tertiary alicyclic amines) is 1. The monoisotopic (exact) mass is 481 g/mol. The van der Waals surface area contributed by atoms with Crippen molar-refractivity contribution in [2.24, 2.45) is 0 Å². The molecular weight excluding hydrogens is 454 g/mol. The van der Waals surface area contributed by atoms with E-state index < -0.39 is 17.4 Å². The van der Waals surface area contributed by atoms with E-state index >= 15 is 0 Å². The molecule has 10 nitrogen and oxygen atoms in total. The van der Waals surface area contributed by atoms with E-state index in [1.54, 1.807) is 32.4 Å². The first kappa shape index (κ1) is 24.1. The number of carboxylic acid groups (broad SMARTS) is 1. The van der Waals surface area contributed by atoms with Gasteiger partial charge < -0.3 is 23.9 Å². The van der Waals surface area contributed by atoms with E-state index in [1.807, 2.05) is 30.3 Å². The summed E-state index contributed by atoms with van der Waals surface area (Å²) >= 11 is 0. The van der Waals surface area contributed by atoms with E-state index in [2.05, 4.69) is 0 Å². The highest BCUT2D eigenvalue weighted by Crippen LogP contribution is 2.43. The van der Waals surface area contributed by atoms with E-state index in [9.17, 15) is 19.9 Å². The number of piperidine rings is 1. The molecule has 1 aromatic heterocycles. The van der Waals surface area contributed by atoms with E-state index in [0.29, 0.717) is 33.6 Å². The van der Waals surface area contributed by atoms with Gasteiger partial charge in [-0.05, 0) is 49.2 Å². The number of carboxylic acids is 1. The van der Waals surface area contributed by atoms with Gasteiger partial charge >= 0.3 is 12.0 Å². The topological polar surface area (TPSA) is 126 Å². The molecule has 0 bridgehead atoms. The third-order valence-electron chi connectivity index (χ3n) is 6.33. The van der Waals surface area contributed by atoms with Crippen LogP contribution < -0.4 is 9.47 Å². The predicted octanol–water partition coefficient (Wildman–Crippen LogP) is 3.89. The van der Waals surface area contributed by atoms with Crippen LogP contribution in [0.15, 0.2) is 52.9 Å². The first-order valence-electron chi connectivity index (χ1n) is 11.0. The molecule has 0 aliphatic carbocycles. The lowest BCUT2D eigenvalue weighted by Gasteiger charge is -2.37. The number of nitrogens with zero attached hydrogens (tertiary/aromatic N) is 3. The Labute approximate surface area is 202 Å². The minimum Gasteiger partial charge on any atom is -0.497 e. The average molecular weight is 482 g/mol. The summed E-state index contributed by atoms with van der Waals surface area (Å²) in [6.45, 7) is 0.251. The fourth-order valence-electron chi connectivity index (χ4n) is 4.29.